The highest BCUT2D eigenvalue weighted by Crippen LogP contribution is 2.27. The maximum Gasteiger partial charge on any atom is 0.255 e. The van der Waals surface area contributed by atoms with E-state index in [-0.39, 0.29) is 27.1 Å². The molecule has 8 nitrogen and oxygen atoms in total. The average Bonchev–Trinajstić information content (AvgIpc) is 2.74. The van der Waals surface area contributed by atoms with Gasteiger partial charge in [-0.05, 0) is 50.1 Å². The molecule has 0 aliphatic carbocycles. The highest BCUT2D eigenvalue weighted by atomic mass is 32.2. The number of carbonyl (C=O) groups is 1. The lowest BCUT2D eigenvalue weighted by Gasteiger charge is -2.32. The van der Waals surface area contributed by atoms with E-state index in [9.17, 15) is 21.6 Å². The van der Waals surface area contributed by atoms with Crippen molar-refractivity contribution in [3.63, 3.8) is 0 Å². The van der Waals surface area contributed by atoms with Gasteiger partial charge in [-0.1, -0.05) is 24.6 Å². The van der Waals surface area contributed by atoms with E-state index < -0.39 is 26.0 Å². The van der Waals surface area contributed by atoms with Gasteiger partial charge in [0.05, 0.1) is 10.6 Å². The second kappa shape index (κ2) is 9.07. The Morgan fingerprint density at radius 2 is 1.74 bits per heavy atom. The first kappa shape index (κ1) is 23.4. The molecule has 1 atom stereocenters. The number of sulfonamides is 2. The Hall–Kier alpha value is -2.27. The molecule has 0 bridgehead atoms. The highest BCUT2D eigenvalue weighted by molar-refractivity contribution is 7.89. The van der Waals surface area contributed by atoms with E-state index in [1.54, 1.807) is 12.1 Å². The fourth-order valence-electron chi connectivity index (χ4n) is 3.55. The summed E-state index contributed by atoms with van der Waals surface area (Å²) in [4.78, 5) is 12.9. The number of carbonyl (C=O) groups excluding carboxylic acids is 1. The van der Waals surface area contributed by atoms with Crippen LogP contribution in [0.3, 0.4) is 0 Å². The van der Waals surface area contributed by atoms with Gasteiger partial charge in [-0.3, -0.25) is 4.79 Å². The minimum absolute atomic E-state index is 0.0423. The van der Waals surface area contributed by atoms with E-state index in [1.807, 2.05) is 6.92 Å². The van der Waals surface area contributed by atoms with Gasteiger partial charge in [-0.15, -0.1) is 0 Å². The number of benzene rings is 2. The molecule has 3 rings (SSSR count). The van der Waals surface area contributed by atoms with Gasteiger partial charge in [0, 0.05) is 32.2 Å². The lowest BCUT2D eigenvalue weighted by Crippen LogP contribution is -2.41. The van der Waals surface area contributed by atoms with Crippen LogP contribution in [0.4, 0.5) is 5.69 Å². The zero-order valence-corrected chi connectivity index (χ0v) is 19.4. The van der Waals surface area contributed by atoms with Gasteiger partial charge in [0.15, 0.2) is 0 Å². The third kappa shape index (κ3) is 4.82. The number of para-hydroxylation sites is 1. The van der Waals surface area contributed by atoms with Crippen LogP contribution in [0.15, 0.2) is 58.3 Å². The van der Waals surface area contributed by atoms with E-state index in [2.05, 4.69) is 5.32 Å². The lowest BCUT2D eigenvalue weighted by molar-refractivity contribution is 0.102. The van der Waals surface area contributed by atoms with Crippen LogP contribution in [0, 0.1) is 0 Å². The molecule has 1 heterocycles. The molecule has 2 aromatic rings. The largest absolute Gasteiger partial charge is 0.321 e. The van der Waals surface area contributed by atoms with Crippen LogP contribution < -0.4 is 5.32 Å². The van der Waals surface area contributed by atoms with Crippen LogP contribution in [0.2, 0.25) is 0 Å². The van der Waals surface area contributed by atoms with Crippen LogP contribution in [-0.4, -0.2) is 58.0 Å². The van der Waals surface area contributed by atoms with E-state index >= 15 is 0 Å². The van der Waals surface area contributed by atoms with Crippen LogP contribution in [-0.2, 0) is 20.0 Å². The van der Waals surface area contributed by atoms with Gasteiger partial charge in [-0.2, -0.15) is 4.31 Å². The van der Waals surface area contributed by atoms with E-state index in [0.717, 1.165) is 23.6 Å². The van der Waals surface area contributed by atoms with Crippen molar-refractivity contribution >= 4 is 31.6 Å². The Bertz CT molecular complexity index is 1180. The number of amides is 1. The number of hydrogen-bond acceptors (Lipinski definition) is 5. The summed E-state index contributed by atoms with van der Waals surface area (Å²) >= 11 is 0. The fraction of sp³-hybridized carbons (Fsp3) is 0.381. The Morgan fingerprint density at radius 3 is 2.42 bits per heavy atom. The van der Waals surface area contributed by atoms with Gasteiger partial charge in [0.2, 0.25) is 20.0 Å². The summed E-state index contributed by atoms with van der Waals surface area (Å²) in [7, 11) is -4.69. The number of anilines is 1. The minimum Gasteiger partial charge on any atom is -0.321 e. The lowest BCUT2D eigenvalue weighted by atomic mass is 10.1. The molecule has 2 aromatic carbocycles. The standard InChI is InChI=1S/C21H27N3O5S2/c1-16-9-6-7-14-24(16)30(26,27)18-11-8-10-17(15-18)21(25)22-19-12-4-5-13-20(19)31(28,29)23(2)3/h4-5,8,10-13,15-16H,6-7,9,14H2,1-3H3,(H,22,25). The molecule has 1 amide bonds. The Kier molecular flexibility index (Phi) is 6.85. The molecular formula is C21H27N3O5S2. The monoisotopic (exact) mass is 465 g/mol. The molecule has 1 aliphatic rings. The summed E-state index contributed by atoms with van der Waals surface area (Å²) in [6.07, 6.45) is 2.60. The van der Waals surface area contributed by atoms with Crippen LogP contribution in [0.25, 0.3) is 0 Å². The first-order valence-corrected chi connectivity index (χ1v) is 12.9. The Morgan fingerprint density at radius 1 is 1.03 bits per heavy atom. The third-order valence-corrected chi connectivity index (χ3v) is 9.22. The molecule has 10 heteroatoms. The zero-order valence-electron chi connectivity index (χ0n) is 17.8. The predicted octanol–water partition coefficient (Wildman–Crippen LogP) is 2.75. The molecular weight excluding hydrogens is 438 g/mol. The fourth-order valence-corrected chi connectivity index (χ4v) is 6.33. The first-order chi connectivity index (χ1) is 14.5. The SMILES string of the molecule is CC1CCCCN1S(=O)(=O)c1cccc(C(=O)Nc2ccccc2S(=O)(=O)N(C)C)c1. The molecule has 1 N–H and O–H groups in total. The van der Waals surface area contributed by atoms with Crippen molar-refractivity contribution < 1.29 is 21.6 Å². The summed E-state index contributed by atoms with van der Waals surface area (Å²) in [6.45, 7) is 2.34. The molecule has 0 radical (unpaired) electrons. The second-order valence-electron chi connectivity index (χ2n) is 7.73. The van der Waals surface area contributed by atoms with Gasteiger partial charge >= 0.3 is 0 Å². The van der Waals surface area contributed by atoms with Crippen molar-refractivity contribution in [2.24, 2.45) is 0 Å². The summed E-state index contributed by atoms with van der Waals surface area (Å²) in [6, 6.07) is 11.8. The van der Waals surface area contributed by atoms with Crippen molar-refractivity contribution in [1.82, 2.24) is 8.61 Å². The summed E-state index contributed by atoms with van der Waals surface area (Å²) in [5.74, 6) is -0.592. The maximum atomic E-state index is 13.1. The van der Waals surface area contributed by atoms with Crippen LogP contribution >= 0.6 is 0 Å². The van der Waals surface area contributed by atoms with Crippen molar-refractivity contribution in [2.45, 2.75) is 42.0 Å². The van der Waals surface area contributed by atoms with Crippen molar-refractivity contribution in [2.75, 3.05) is 26.0 Å². The topological polar surface area (TPSA) is 104 Å². The van der Waals surface area contributed by atoms with Crippen molar-refractivity contribution in [3.8, 4) is 0 Å². The zero-order chi connectivity index (χ0) is 22.8. The van der Waals surface area contributed by atoms with Crippen LogP contribution in [0.5, 0.6) is 0 Å². The number of hydrogen-bond donors (Lipinski definition) is 1. The minimum atomic E-state index is -3.77. The van der Waals surface area contributed by atoms with E-state index in [1.165, 1.54) is 54.8 Å². The van der Waals surface area contributed by atoms with Crippen molar-refractivity contribution in [1.29, 1.82) is 0 Å². The van der Waals surface area contributed by atoms with Gasteiger partial charge < -0.3 is 5.32 Å². The molecule has 1 unspecified atom stereocenters. The van der Waals surface area contributed by atoms with Crippen molar-refractivity contribution in [3.05, 3.63) is 54.1 Å². The van der Waals surface area contributed by atoms with Gasteiger partial charge in [0.1, 0.15) is 4.90 Å². The molecule has 1 fully saturated rings. The predicted molar refractivity (Wildman–Crippen MR) is 119 cm³/mol. The number of nitrogens with one attached hydrogen (secondary N) is 1. The molecule has 0 aromatic heterocycles. The van der Waals surface area contributed by atoms with E-state index in [0.29, 0.717) is 6.54 Å². The van der Waals surface area contributed by atoms with Crippen LogP contribution in [0.1, 0.15) is 36.5 Å². The normalized spacial score (nSPS) is 18.1. The van der Waals surface area contributed by atoms with Gasteiger partial charge in [0.25, 0.3) is 5.91 Å². The smallest absolute Gasteiger partial charge is 0.255 e. The second-order valence-corrected chi connectivity index (χ2v) is 11.7. The maximum absolute atomic E-state index is 13.1. The van der Waals surface area contributed by atoms with Gasteiger partial charge in [-0.25, -0.2) is 21.1 Å². The summed E-state index contributed by atoms with van der Waals surface area (Å²) in [5.41, 5.74) is 0.252. The average molecular weight is 466 g/mol. The number of piperidine rings is 1. The first-order valence-electron chi connectivity index (χ1n) is 10.00. The summed E-state index contributed by atoms with van der Waals surface area (Å²) in [5, 5.41) is 2.60. The molecule has 168 valence electrons. The molecule has 0 spiro atoms. The Labute approximate surface area is 184 Å². The number of rotatable bonds is 6. The van der Waals surface area contributed by atoms with E-state index in [4.69, 9.17) is 0 Å². The molecule has 0 saturated carbocycles. The molecule has 31 heavy (non-hydrogen) atoms. The highest BCUT2D eigenvalue weighted by Gasteiger charge is 2.31. The third-order valence-electron chi connectivity index (χ3n) is 5.34. The Balaban J connectivity index is 1.90. The summed E-state index contributed by atoms with van der Waals surface area (Å²) < 4.78 is 53.8. The number of nitrogens with zero attached hydrogens (tertiary/aromatic N) is 2. The molecule has 1 aliphatic heterocycles. The molecule has 1 saturated heterocycles. The quantitative estimate of drug-likeness (QED) is 0.706.